The fourth-order valence-electron chi connectivity index (χ4n) is 2.72. The van der Waals surface area contributed by atoms with Crippen LogP contribution in [0.15, 0.2) is 18.2 Å². The molecular weight excluding hydrogens is 382 g/mol. The van der Waals surface area contributed by atoms with E-state index in [-0.39, 0.29) is 11.4 Å². The zero-order chi connectivity index (χ0) is 21.3. The third-order valence-corrected chi connectivity index (χ3v) is 4.14. The van der Waals surface area contributed by atoms with Crippen molar-refractivity contribution >= 4 is 23.4 Å². The molecule has 0 spiro atoms. The maximum atomic E-state index is 14.5. The first-order chi connectivity index (χ1) is 12.8. The molecule has 1 heterocycles. The molecule has 0 unspecified atom stereocenters. The third-order valence-electron chi connectivity index (χ3n) is 4.14. The van der Waals surface area contributed by atoms with Gasteiger partial charge in [0.1, 0.15) is 11.4 Å². The van der Waals surface area contributed by atoms with E-state index in [2.05, 4.69) is 0 Å². The van der Waals surface area contributed by atoms with Crippen molar-refractivity contribution in [1.29, 1.82) is 0 Å². The molecular formula is C18H23F4N3O3. The number of rotatable bonds is 2. The molecule has 28 heavy (non-hydrogen) atoms. The number of hydrogen-bond donors (Lipinski definition) is 0. The van der Waals surface area contributed by atoms with E-state index >= 15 is 0 Å². The number of carbonyl (C=O) groups is 2. The van der Waals surface area contributed by atoms with E-state index < -0.39 is 29.6 Å². The van der Waals surface area contributed by atoms with Crippen LogP contribution in [0.25, 0.3) is 0 Å². The average molecular weight is 405 g/mol. The van der Waals surface area contributed by atoms with E-state index in [0.29, 0.717) is 31.1 Å². The number of ether oxygens (including phenoxy) is 1. The molecule has 0 bridgehead atoms. The van der Waals surface area contributed by atoms with Crippen molar-refractivity contribution < 1.29 is 31.9 Å². The van der Waals surface area contributed by atoms with Crippen molar-refractivity contribution in [2.24, 2.45) is 0 Å². The number of alkyl halides is 3. The van der Waals surface area contributed by atoms with Gasteiger partial charge in [0.15, 0.2) is 0 Å². The number of anilines is 2. The Hall–Kier alpha value is -2.52. The van der Waals surface area contributed by atoms with Gasteiger partial charge in [-0.2, -0.15) is 13.2 Å². The van der Waals surface area contributed by atoms with Crippen LogP contribution in [0.4, 0.5) is 33.7 Å². The Morgan fingerprint density at radius 1 is 1.07 bits per heavy atom. The van der Waals surface area contributed by atoms with Crippen LogP contribution in [0.5, 0.6) is 0 Å². The van der Waals surface area contributed by atoms with E-state index in [1.54, 1.807) is 25.7 Å². The smallest absolute Gasteiger partial charge is 0.444 e. The molecule has 0 aromatic heterocycles. The fraction of sp³-hybridized carbons (Fsp3) is 0.556. The lowest BCUT2D eigenvalue weighted by Crippen LogP contribution is -2.50. The van der Waals surface area contributed by atoms with Gasteiger partial charge in [0, 0.05) is 38.9 Å². The molecule has 1 aliphatic rings. The van der Waals surface area contributed by atoms with Gasteiger partial charge in [0.05, 0.1) is 5.69 Å². The summed E-state index contributed by atoms with van der Waals surface area (Å²) in [6.07, 6.45) is -5.49. The van der Waals surface area contributed by atoms with Gasteiger partial charge in [-0.25, -0.2) is 9.18 Å². The largest absolute Gasteiger partial charge is 0.471 e. The SMILES string of the molecule is CN(C(=O)C(F)(F)F)c1ccc(N2CCN(C(=O)OC(C)(C)C)CC2)c(F)c1. The summed E-state index contributed by atoms with van der Waals surface area (Å²) >= 11 is 0. The molecule has 1 aromatic carbocycles. The number of piperazine rings is 1. The minimum absolute atomic E-state index is 0.195. The van der Waals surface area contributed by atoms with Gasteiger partial charge in [-0.15, -0.1) is 0 Å². The lowest BCUT2D eigenvalue weighted by Gasteiger charge is -2.37. The quantitative estimate of drug-likeness (QED) is 0.708. The van der Waals surface area contributed by atoms with E-state index in [0.717, 1.165) is 13.1 Å². The molecule has 0 radical (unpaired) electrons. The van der Waals surface area contributed by atoms with Crippen LogP contribution in [-0.2, 0) is 9.53 Å². The normalized spacial score (nSPS) is 15.4. The van der Waals surface area contributed by atoms with Crippen LogP contribution < -0.4 is 9.80 Å². The predicted molar refractivity (Wildman–Crippen MR) is 95.9 cm³/mol. The van der Waals surface area contributed by atoms with Crippen molar-refractivity contribution in [3.8, 4) is 0 Å². The second kappa shape index (κ2) is 7.84. The highest BCUT2D eigenvalue weighted by Crippen LogP contribution is 2.28. The van der Waals surface area contributed by atoms with Crippen molar-refractivity contribution in [3.05, 3.63) is 24.0 Å². The van der Waals surface area contributed by atoms with Gasteiger partial charge in [0.25, 0.3) is 0 Å². The Morgan fingerprint density at radius 3 is 2.11 bits per heavy atom. The minimum atomic E-state index is -5.04. The van der Waals surface area contributed by atoms with Crippen LogP contribution in [-0.4, -0.2) is 61.9 Å². The standard InChI is InChI=1S/C18H23F4N3O3/c1-17(2,3)28-16(27)25-9-7-24(8-10-25)14-6-5-12(11-13(14)19)23(4)15(26)18(20,21)22/h5-6,11H,7-10H2,1-4H3. The Balaban J connectivity index is 2.04. The summed E-state index contributed by atoms with van der Waals surface area (Å²) < 4.78 is 57.3. The molecule has 1 aromatic rings. The molecule has 0 saturated carbocycles. The van der Waals surface area contributed by atoms with Crippen LogP contribution in [0.1, 0.15) is 20.8 Å². The van der Waals surface area contributed by atoms with Gasteiger partial charge >= 0.3 is 18.2 Å². The maximum absolute atomic E-state index is 14.5. The molecule has 0 N–H and O–H groups in total. The Morgan fingerprint density at radius 2 is 1.64 bits per heavy atom. The molecule has 2 rings (SSSR count). The zero-order valence-corrected chi connectivity index (χ0v) is 16.1. The monoisotopic (exact) mass is 405 g/mol. The number of hydrogen-bond acceptors (Lipinski definition) is 4. The molecule has 0 aliphatic carbocycles. The maximum Gasteiger partial charge on any atom is 0.471 e. The zero-order valence-electron chi connectivity index (χ0n) is 16.1. The summed E-state index contributed by atoms with van der Waals surface area (Å²) in [5, 5.41) is 0. The molecule has 2 amide bonds. The van der Waals surface area contributed by atoms with E-state index in [4.69, 9.17) is 4.74 Å². The first-order valence-corrected chi connectivity index (χ1v) is 8.67. The van der Waals surface area contributed by atoms with Gasteiger partial charge in [-0.3, -0.25) is 4.79 Å². The third kappa shape index (κ3) is 5.26. The topological polar surface area (TPSA) is 53.1 Å². The minimum Gasteiger partial charge on any atom is -0.444 e. The highest BCUT2D eigenvalue weighted by molar-refractivity contribution is 5.96. The molecule has 0 atom stereocenters. The van der Waals surface area contributed by atoms with Crippen LogP contribution in [0.2, 0.25) is 0 Å². The fourth-order valence-corrected chi connectivity index (χ4v) is 2.72. The lowest BCUT2D eigenvalue weighted by atomic mass is 10.2. The lowest BCUT2D eigenvalue weighted by molar-refractivity contribution is -0.170. The van der Waals surface area contributed by atoms with Crippen molar-refractivity contribution in [2.75, 3.05) is 43.0 Å². The Kier molecular flexibility index (Phi) is 6.10. The molecule has 1 fully saturated rings. The molecule has 156 valence electrons. The second-order valence-electron chi connectivity index (χ2n) is 7.45. The Labute approximate surface area is 160 Å². The van der Waals surface area contributed by atoms with Crippen LogP contribution >= 0.6 is 0 Å². The summed E-state index contributed by atoms with van der Waals surface area (Å²) in [5.74, 6) is -2.82. The Bertz CT molecular complexity index is 739. The predicted octanol–water partition coefficient (Wildman–Crippen LogP) is 3.41. The summed E-state index contributed by atoms with van der Waals surface area (Å²) in [6.45, 7) is 6.61. The number of nitrogens with zero attached hydrogens (tertiary/aromatic N) is 3. The first kappa shape index (κ1) is 21.8. The van der Waals surface area contributed by atoms with Crippen molar-refractivity contribution in [2.45, 2.75) is 32.5 Å². The molecule has 10 heteroatoms. The van der Waals surface area contributed by atoms with Gasteiger partial charge in [-0.05, 0) is 39.0 Å². The number of halogens is 4. The molecule has 1 aliphatic heterocycles. The second-order valence-corrected chi connectivity index (χ2v) is 7.45. The average Bonchev–Trinajstić information content (AvgIpc) is 2.58. The van der Waals surface area contributed by atoms with Crippen LogP contribution in [0.3, 0.4) is 0 Å². The van der Waals surface area contributed by atoms with Gasteiger partial charge in [0.2, 0.25) is 0 Å². The summed E-state index contributed by atoms with van der Waals surface area (Å²) in [7, 11) is 0.934. The van der Waals surface area contributed by atoms with Crippen LogP contribution in [0, 0.1) is 5.82 Å². The van der Waals surface area contributed by atoms with Gasteiger partial charge in [-0.1, -0.05) is 0 Å². The summed E-state index contributed by atoms with van der Waals surface area (Å²) in [5.41, 5.74) is -0.618. The van der Waals surface area contributed by atoms with E-state index in [9.17, 15) is 27.2 Å². The highest BCUT2D eigenvalue weighted by atomic mass is 19.4. The number of amides is 2. The molecule has 1 saturated heterocycles. The van der Waals surface area contributed by atoms with Gasteiger partial charge < -0.3 is 19.4 Å². The number of carbonyl (C=O) groups excluding carboxylic acids is 2. The first-order valence-electron chi connectivity index (χ1n) is 8.67. The van der Waals surface area contributed by atoms with E-state index in [1.165, 1.54) is 17.0 Å². The summed E-state index contributed by atoms with van der Waals surface area (Å²) in [4.78, 5) is 26.9. The van der Waals surface area contributed by atoms with E-state index in [1.807, 2.05) is 0 Å². The van der Waals surface area contributed by atoms with Crippen molar-refractivity contribution in [1.82, 2.24) is 4.90 Å². The molecule has 6 nitrogen and oxygen atoms in total. The highest BCUT2D eigenvalue weighted by Gasteiger charge is 2.41. The van der Waals surface area contributed by atoms with Crippen molar-refractivity contribution in [3.63, 3.8) is 0 Å². The summed E-state index contributed by atoms with van der Waals surface area (Å²) in [6, 6.07) is 3.47. The number of benzene rings is 1.